The number of hydrogen-bond donors (Lipinski definition) is 0. The summed E-state index contributed by atoms with van der Waals surface area (Å²) in [6.45, 7) is 4.48. The molecule has 0 saturated carbocycles. The molecule has 0 radical (unpaired) electrons. The van der Waals surface area contributed by atoms with Crippen LogP contribution < -0.4 is 0 Å². The smallest absolute Gasteiger partial charge is 0.0247 e. The molecule has 0 nitrogen and oxygen atoms in total. The summed E-state index contributed by atoms with van der Waals surface area (Å²) in [5.41, 5.74) is 5.89. The van der Waals surface area contributed by atoms with Gasteiger partial charge in [-0.05, 0) is 55.4 Å². The lowest BCUT2D eigenvalue weighted by Gasteiger charge is -2.26. The highest BCUT2D eigenvalue weighted by atomic mass is 127. The molecule has 2 rings (SSSR count). The molecule has 1 aromatic rings. The molecule has 2 heteroatoms. The van der Waals surface area contributed by atoms with E-state index in [1.54, 1.807) is 5.57 Å². The molecule has 1 aliphatic rings. The second kappa shape index (κ2) is 5.21. The third-order valence-electron chi connectivity index (χ3n) is 3.45. The van der Waals surface area contributed by atoms with Crippen LogP contribution >= 0.6 is 38.5 Å². The van der Waals surface area contributed by atoms with Gasteiger partial charge in [-0.3, -0.25) is 0 Å². The first kappa shape index (κ1) is 12.6. The molecular weight excluding hydrogens is 375 g/mol. The van der Waals surface area contributed by atoms with Crippen molar-refractivity contribution < 1.29 is 0 Å². The molecule has 0 aliphatic heterocycles. The molecule has 0 amide bonds. The van der Waals surface area contributed by atoms with Crippen LogP contribution in [0, 0.1) is 12.8 Å². The monoisotopic (exact) mass is 390 g/mol. The van der Waals surface area contributed by atoms with E-state index >= 15 is 0 Å². The van der Waals surface area contributed by atoms with E-state index in [9.17, 15) is 0 Å². The average molecular weight is 391 g/mol. The summed E-state index contributed by atoms with van der Waals surface area (Å²) >= 11 is 6.13. The summed E-state index contributed by atoms with van der Waals surface area (Å²) in [5.74, 6) is 0.778. The lowest BCUT2D eigenvalue weighted by Crippen LogP contribution is -2.14. The Balaban J connectivity index is 2.24. The van der Waals surface area contributed by atoms with Crippen LogP contribution in [0.15, 0.2) is 28.3 Å². The Morgan fingerprint density at radius 1 is 1.38 bits per heavy atom. The summed E-state index contributed by atoms with van der Waals surface area (Å²) in [6, 6.07) is 4.59. The molecule has 86 valence electrons. The summed E-state index contributed by atoms with van der Waals surface area (Å²) < 4.78 is 2.37. The molecule has 0 heterocycles. The van der Waals surface area contributed by atoms with Crippen molar-refractivity contribution in [1.29, 1.82) is 0 Å². The third-order valence-corrected chi connectivity index (χ3v) is 5.04. The topological polar surface area (TPSA) is 0 Å². The fourth-order valence-electron chi connectivity index (χ4n) is 2.19. The van der Waals surface area contributed by atoms with Crippen LogP contribution in [-0.4, -0.2) is 0 Å². The molecule has 0 unspecified atom stereocenters. The Morgan fingerprint density at radius 3 is 2.56 bits per heavy atom. The van der Waals surface area contributed by atoms with Gasteiger partial charge in [0.15, 0.2) is 0 Å². The van der Waals surface area contributed by atoms with E-state index in [0.29, 0.717) is 0 Å². The van der Waals surface area contributed by atoms with Crippen LogP contribution in [0.2, 0.25) is 0 Å². The van der Waals surface area contributed by atoms with E-state index in [1.165, 1.54) is 34.0 Å². The lowest BCUT2D eigenvalue weighted by molar-refractivity contribution is 0.558. The third kappa shape index (κ3) is 2.53. The van der Waals surface area contributed by atoms with Crippen LogP contribution in [0.4, 0.5) is 0 Å². The number of alkyl halides is 1. The zero-order valence-corrected chi connectivity index (χ0v) is 13.4. The highest BCUT2D eigenvalue weighted by Gasteiger charge is 2.19. The maximum absolute atomic E-state index is 3.72. The first-order valence-corrected chi connectivity index (χ1v) is 7.94. The van der Waals surface area contributed by atoms with Crippen molar-refractivity contribution in [1.82, 2.24) is 0 Å². The van der Waals surface area contributed by atoms with Crippen molar-refractivity contribution in [3.63, 3.8) is 0 Å². The van der Waals surface area contributed by atoms with Gasteiger partial charge in [-0.2, -0.15) is 0 Å². The fraction of sp³-hybridized carbons (Fsp3) is 0.429. The molecule has 0 saturated heterocycles. The molecule has 0 N–H and O–H groups in total. The molecular formula is C14H16BrI. The minimum absolute atomic E-state index is 0.778. The van der Waals surface area contributed by atoms with Crippen molar-refractivity contribution in [2.45, 2.75) is 31.1 Å². The van der Waals surface area contributed by atoms with E-state index in [4.69, 9.17) is 0 Å². The van der Waals surface area contributed by atoms with E-state index in [2.05, 4.69) is 70.6 Å². The molecule has 0 fully saturated rings. The van der Waals surface area contributed by atoms with Crippen LogP contribution in [-0.2, 0) is 10.8 Å². The van der Waals surface area contributed by atoms with Crippen LogP contribution in [0.25, 0.3) is 0 Å². The second-order valence-corrected chi connectivity index (χ2v) is 6.21. The van der Waals surface area contributed by atoms with Gasteiger partial charge >= 0.3 is 0 Å². The highest BCUT2D eigenvalue weighted by Crippen LogP contribution is 2.34. The molecule has 1 aromatic carbocycles. The van der Waals surface area contributed by atoms with Gasteiger partial charge in [0.25, 0.3) is 0 Å². The summed E-state index contributed by atoms with van der Waals surface area (Å²) in [6.07, 6.45) is 4.79. The SMILES string of the molecule is CC1=CC[C@@H]1Cc1c(C)cc(CI)cc1Br. The van der Waals surface area contributed by atoms with E-state index in [0.717, 1.165) is 10.3 Å². The first-order chi connectivity index (χ1) is 7.61. The van der Waals surface area contributed by atoms with Crippen LogP contribution in [0.1, 0.15) is 30.0 Å². The molecule has 0 bridgehead atoms. The minimum Gasteiger partial charge on any atom is -0.0847 e. The first-order valence-electron chi connectivity index (χ1n) is 5.62. The van der Waals surface area contributed by atoms with E-state index in [-0.39, 0.29) is 0 Å². The predicted octanol–water partition coefficient (Wildman–Crippen LogP) is 5.20. The second-order valence-electron chi connectivity index (χ2n) is 4.59. The molecule has 16 heavy (non-hydrogen) atoms. The zero-order valence-electron chi connectivity index (χ0n) is 9.69. The average Bonchev–Trinajstić information content (AvgIpc) is 2.25. The lowest BCUT2D eigenvalue weighted by atomic mass is 9.80. The van der Waals surface area contributed by atoms with Crippen molar-refractivity contribution >= 4 is 38.5 Å². The van der Waals surface area contributed by atoms with E-state index < -0.39 is 0 Å². The number of rotatable bonds is 3. The molecule has 0 aromatic heterocycles. The van der Waals surface area contributed by atoms with Gasteiger partial charge in [0.1, 0.15) is 0 Å². The zero-order chi connectivity index (χ0) is 11.7. The summed E-state index contributed by atoms with van der Waals surface area (Å²) in [5, 5.41) is 0. The van der Waals surface area contributed by atoms with Gasteiger partial charge in [-0.25, -0.2) is 0 Å². The summed E-state index contributed by atoms with van der Waals surface area (Å²) in [7, 11) is 0. The Hall–Kier alpha value is 0.170. The highest BCUT2D eigenvalue weighted by molar-refractivity contribution is 14.1. The van der Waals surface area contributed by atoms with E-state index in [1.807, 2.05) is 0 Å². The van der Waals surface area contributed by atoms with Gasteiger partial charge in [0.2, 0.25) is 0 Å². The molecule has 1 aliphatic carbocycles. The largest absolute Gasteiger partial charge is 0.0847 e. The Morgan fingerprint density at radius 2 is 2.12 bits per heavy atom. The van der Waals surface area contributed by atoms with Crippen molar-refractivity contribution in [3.05, 3.63) is 44.9 Å². The van der Waals surface area contributed by atoms with Crippen molar-refractivity contribution in [2.75, 3.05) is 0 Å². The number of allylic oxidation sites excluding steroid dienone is 2. The Labute approximate surface area is 120 Å². The molecule has 0 spiro atoms. The van der Waals surface area contributed by atoms with Gasteiger partial charge in [0, 0.05) is 8.90 Å². The van der Waals surface area contributed by atoms with Gasteiger partial charge in [-0.15, -0.1) is 0 Å². The van der Waals surface area contributed by atoms with Gasteiger partial charge in [-0.1, -0.05) is 56.2 Å². The Kier molecular flexibility index (Phi) is 4.11. The van der Waals surface area contributed by atoms with Crippen LogP contribution in [0.5, 0.6) is 0 Å². The van der Waals surface area contributed by atoms with Crippen LogP contribution in [0.3, 0.4) is 0 Å². The normalized spacial score (nSPS) is 19.2. The number of hydrogen-bond acceptors (Lipinski definition) is 0. The Bertz CT molecular complexity index is 411. The van der Waals surface area contributed by atoms with Crippen molar-refractivity contribution in [2.24, 2.45) is 5.92 Å². The van der Waals surface area contributed by atoms with Gasteiger partial charge < -0.3 is 0 Å². The standard InChI is InChI=1S/C14H16BrI/c1-9-3-4-12(9)7-13-10(2)5-11(8-16)6-14(13)15/h3,5-6,12H,4,7-8H2,1-2H3/t12-/m1/s1. The maximum atomic E-state index is 3.72. The van der Waals surface area contributed by atoms with Gasteiger partial charge in [0.05, 0.1) is 0 Å². The predicted molar refractivity (Wildman–Crippen MR) is 82.2 cm³/mol. The van der Waals surface area contributed by atoms with Crippen molar-refractivity contribution in [3.8, 4) is 0 Å². The number of halogens is 2. The molecule has 1 atom stereocenters. The quantitative estimate of drug-likeness (QED) is 0.378. The number of aryl methyl sites for hydroxylation is 1. The minimum atomic E-state index is 0.778. The fourth-order valence-corrected chi connectivity index (χ4v) is 3.40. The number of benzene rings is 1. The summed E-state index contributed by atoms with van der Waals surface area (Å²) in [4.78, 5) is 0. The maximum Gasteiger partial charge on any atom is 0.0247 e.